The lowest BCUT2D eigenvalue weighted by atomic mass is 9.82. The summed E-state index contributed by atoms with van der Waals surface area (Å²) in [6.07, 6.45) is 0.304. The maximum atomic E-state index is 11.4. The number of benzene rings is 2. The molecule has 1 aliphatic heterocycles. The fourth-order valence-electron chi connectivity index (χ4n) is 2.91. The van der Waals surface area contributed by atoms with Gasteiger partial charge in [0.1, 0.15) is 11.7 Å². The van der Waals surface area contributed by atoms with Crippen molar-refractivity contribution in [2.75, 3.05) is 19.7 Å². The van der Waals surface area contributed by atoms with Crippen LogP contribution in [0.2, 0.25) is 0 Å². The normalized spacial score (nSPS) is 21.7. The van der Waals surface area contributed by atoms with Crippen molar-refractivity contribution in [2.45, 2.75) is 18.1 Å². The molecule has 1 saturated heterocycles. The molecule has 3 nitrogen and oxygen atoms in total. The molecule has 1 fully saturated rings. The number of hydrogen-bond acceptors (Lipinski definition) is 3. The third-order valence-corrected chi connectivity index (χ3v) is 4.05. The minimum Gasteiger partial charge on any atom is -0.382 e. The Morgan fingerprint density at radius 1 is 1.05 bits per heavy atom. The second-order valence-electron chi connectivity index (χ2n) is 5.52. The van der Waals surface area contributed by atoms with Gasteiger partial charge in [-0.2, -0.15) is 0 Å². The number of hydrogen-bond donors (Lipinski definition) is 2. The van der Waals surface area contributed by atoms with E-state index in [4.69, 9.17) is 4.74 Å². The quantitative estimate of drug-likeness (QED) is 0.903. The smallest absolute Gasteiger partial charge is 0.121 e. The molecule has 0 unspecified atom stereocenters. The molecule has 0 amide bonds. The zero-order valence-electron chi connectivity index (χ0n) is 12.0. The second-order valence-corrected chi connectivity index (χ2v) is 5.52. The van der Waals surface area contributed by atoms with Crippen molar-refractivity contribution in [3.8, 4) is 0 Å². The summed E-state index contributed by atoms with van der Waals surface area (Å²) in [5.74, 6) is 0. The number of rotatable bonds is 4. The molecule has 0 aromatic heterocycles. The number of nitrogens with one attached hydrogen (secondary N) is 1. The number of morpholine rings is 1. The van der Waals surface area contributed by atoms with Crippen molar-refractivity contribution in [2.24, 2.45) is 0 Å². The molecule has 1 aliphatic rings. The Kier molecular flexibility index (Phi) is 4.34. The van der Waals surface area contributed by atoms with Crippen LogP contribution >= 0.6 is 0 Å². The van der Waals surface area contributed by atoms with Crippen molar-refractivity contribution >= 4 is 0 Å². The molecule has 0 spiro atoms. The molecule has 0 bridgehead atoms. The van der Waals surface area contributed by atoms with Crippen LogP contribution in [-0.2, 0) is 16.8 Å². The van der Waals surface area contributed by atoms with E-state index in [9.17, 15) is 5.11 Å². The highest BCUT2D eigenvalue weighted by molar-refractivity contribution is 5.28. The van der Waals surface area contributed by atoms with Gasteiger partial charge in [-0.3, -0.25) is 0 Å². The molecular formula is C18H21NO2. The van der Waals surface area contributed by atoms with Gasteiger partial charge in [0.2, 0.25) is 0 Å². The molecule has 2 N–H and O–H groups in total. The minimum atomic E-state index is -1.02. The number of aliphatic hydroxyl groups is 1. The van der Waals surface area contributed by atoms with Crippen molar-refractivity contribution < 1.29 is 9.84 Å². The minimum absolute atomic E-state index is 0.242. The Balaban J connectivity index is 1.94. The highest BCUT2D eigenvalue weighted by Crippen LogP contribution is 2.31. The lowest BCUT2D eigenvalue weighted by Gasteiger charge is -2.39. The van der Waals surface area contributed by atoms with Crippen molar-refractivity contribution in [1.29, 1.82) is 0 Å². The molecule has 0 aliphatic carbocycles. The van der Waals surface area contributed by atoms with Gasteiger partial charge in [-0.15, -0.1) is 0 Å². The van der Waals surface area contributed by atoms with Crippen LogP contribution in [0.3, 0.4) is 0 Å². The molecule has 3 rings (SSSR count). The predicted molar refractivity (Wildman–Crippen MR) is 83.1 cm³/mol. The van der Waals surface area contributed by atoms with Crippen LogP contribution < -0.4 is 5.32 Å². The first-order valence-corrected chi connectivity index (χ1v) is 7.43. The highest BCUT2D eigenvalue weighted by Gasteiger charge is 2.40. The van der Waals surface area contributed by atoms with Crippen LogP contribution in [-0.4, -0.2) is 30.9 Å². The molecule has 0 saturated carbocycles. The van der Waals surface area contributed by atoms with E-state index in [2.05, 4.69) is 5.32 Å². The summed E-state index contributed by atoms with van der Waals surface area (Å²) in [6, 6.07) is 19.9. The Labute approximate surface area is 125 Å². The summed E-state index contributed by atoms with van der Waals surface area (Å²) >= 11 is 0. The van der Waals surface area contributed by atoms with E-state index in [0.717, 1.165) is 17.7 Å². The van der Waals surface area contributed by atoms with Gasteiger partial charge in [-0.05, 0) is 11.1 Å². The van der Waals surface area contributed by atoms with Crippen LogP contribution in [0.5, 0.6) is 0 Å². The summed E-state index contributed by atoms with van der Waals surface area (Å²) in [6.45, 7) is 2.14. The number of ether oxygens (including phenoxy) is 1. The third-order valence-electron chi connectivity index (χ3n) is 4.05. The average molecular weight is 283 g/mol. The fraction of sp³-hybridized carbons (Fsp3) is 0.333. The zero-order valence-corrected chi connectivity index (χ0v) is 12.0. The van der Waals surface area contributed by atoms with E-state index in [1.165, 1.54) is 0 Å². The van der Waals surface area contributed by atoms with E-state index in [1.807, 2.05) is 60.7 Å². The van der Waals surface area contributed by atoms with E-state index in [1.54, 1.807) is 0 Å². The van der Waals surface area contributed by atoms with Crippen molar-refractivity contribution in [3.63, 3.8) is 0 Å². The molecule has 110 valence electrons. The third kappa shape index (κ3) is 3.16. The van der Waals surface area contributed by atoms with Crippen molar-refractivity contribution in [3.05, 3.63) is 71.8 Å². The molecule has 2 atom stereocenters. The zero-order chi connectivity index (χ0) is 14.5. The van der Waals surface area contributed by atoms with Gasteiger partial charge in [-0.1, -0.05) is 60.7 Å². The molecular weight excluding hydrogens is 262 g/mol. The monoisotopic (exact) mass is 283 g/mol. The van der Waals surface area contributed by atoms with Crippen LogP contribution in [0, 0.1) is 0 Å². The Morgan fingerprint density at radius 3 is 2.33 bits per heavy atom. The van der Waals surface area contributed by atoms with Gasteiger partial charge in [0.25, 0.3) is 0 Å². The molecule has 2 aromatic rings. The molecule has 21 heavy (non-hydrogen) atoms. The largest absolute Gasteiger partial charge is 0.382 e. The van der Waals surface area contributed by atoms with Gasteiger partial charge in [0.05, 0.1) is 6.61 Å². The summed E-state index contributed by atoms with van der Waals surface area (Å²) in [4.78, 5) is 0. The van der Waals surface area contributed by atoms with Crippen LogP contribution in [0.25, 0.3) is 0 Å². The first kappa shape index (κ1) is 14.3. The molecule has 1 heterocycles. The van der Waals surface area contributed by atoms with Gasteiger partial charge in [0, 0.05) is 19.5 Å². The summed E-state index contributed by atoms with van der Waals surface area (Å²) in [5.41, 5.74) is 0.997. The lowest BCUT2D eigenvalue weighted by Crippen LogP contribution is -2.52. The SMILES string of the molecule is O[C@](Cc1ccccc1)(c1ccccc1)[C@@H]1CNCCO1. The van der Waals surface area contributed by atoms with Crippen LogP contribution in [0.15, 0.2) is 60.7 Å². The maximum Gasteiger partial charge on any atom is 0.121 e. The van der Waals surface area contributed by atoms with E-state index >= 15 is 0 Å². The first-order chi connectivity index (χ1) is 10.3. The van der Waals surface area contributed by atoms with E-state index in [-0.39, 0.29) is 6.10 Å². The Morgan fingerprint density at radius 2 is 1.71 bits per heavy atom. The van der Waals surface area contributed by atoms with E-state index < -0.39 is 5.60 Å². The molecule has 3 heteroatoms. The standard InChI is InChI=1S/C18H21NO2/c20-18(16-9-5-2-6-10-16,17-14-19-11-12-21-17)13-15-7-3-1-4-8-15/h1-10,17,19-20H,11-14H2/t17-,18+/m0/s1. The summed E-state index contributed by atoms with van der Waals surface area (Å²) in [5, 5.41) is 14.7. The van der Waals surface area contributed by atoms with Gasteiger partial charge in [-0.25, -0.2) is 0 Å². The average Bonchev–Trinajstić information content (AvgIpc) is 2.57. The summed E-state index contributed by atoms with van der Waals surface area (Å²) in [7, 11) is 0. The highest BCUT2D eigenvalue weighted by atomic mass is 16.5. The Hall–Kier alpha value is -1.68. The second kappa shape index (κ2) is 6.39. The van der Waals surface area contributed by atoms with Crippen LogP contribution in [0.1, 0.15) is 11.1 Å². The maximum absolute atomic E-state index is 11.4. The van der Waals surface area contributed by atoms with Crippen LogP contribution in [0.4, 0.5) is 0 Å². The first-order valence-electron chi connectivity index (χ1n) is 7.43. The molecule has 0 radical (unpaired) electrons. The van der Waals surface area contributed by atoms with Gasteiger partial charge >= 0.3 is 0 Å². The fourth-order valence-corrected chi connectivity index (χ4v) is 2.91. The van der Waals surface area contributed by atoms with Gasteiger partial charge < -0.3 is 15.2 Å². The predicted octanol–water partition coefficient (Wildman–Crippen LogP) is 2.11. The van der Waals surface area contributed by atoms with E-state index in [0.29, 0.717) is 19.6 Å². The summed E-state index contributed by atoms with van der Waals surface area (Å²) < 4.78 is 5.86. The Bertz CT molecular complexity index is 552. The topological polar surface area (TPSA) is 41.5 Å². The molecule has 2 aromatic carbocycles. The lowest BCUT2D eigenvalue weighted by molar-refractivity contribution is -0.124. The van der Waals surface area contributed by atoms with Gasteiger partial charge in [0.15, 0.2) is 0 Å². The van der Waals surface area contributed by atoms with Crippen molar-refractivity contribution in [1.82, 2.24) is 5.32 Å².